The fourth-order valence-corrected chi connectivity index (χ4v) is 4.30. The average molecular weight is 487 g/mol. The van der Waals surface area contributed by atoms with Crippen LogP contribution >= 0.6 is 0 Å². The number of fused-ring (bicyclic) bond motifs is 1. The number of primary amides is 1. The van der Waals surface area contributed by atoms with Gasteiger partial charge in [-0.25, -0.2) is 0 Å². The topological polar surface area (TPSA) is 64.8 Å². The van der Waals surface area contributed by atoms with Crippen molar-refractivity contribution in [2.24, 2.45) is 5.73 Å². The van der Waals surface area contributed by atoms with Crippen LogP contribution < -0.4 is 10.5 Å². The summed E-state index contributed by atoms with van der Waals surface area (Å²) in [6, 6.07) is 9.76. The molecule has 5 nitrogen and oxygen atoms in total. The predicted octanol–water partition coefficient (Wildman–Crippen LogP) is 6.08. The SMILES string of the molecule is C=CCC=CC=CC=C(CC=C)c1c(C(N)=O)ccc2cc(OCCCCN3CCOCC3)ccc12. The van der Waals surface area contributed by atoms with E-state index in [2.05, 4.69) is 18.1 Å². The molecule has 2 aromatic carbocycles. The molecule has 0 saturated carbocycles. The van der Waals surface area contributed by atoms with Crippen molar-refractivity contribution in [2.75, 3.05) is 39.5 Å². The maximum Gasteiger partial charge on any atom is 0.249 e. The lowest BCUT2D eigenvalue weighted by atomic mass is 9.90. The summed E-state index contributed by atoms with van der Waals surface area (Å²) < 4.78 is 11.5. The molecule has 1 fully saturated rings. The molecule has 0 bridgehead atoms. The minimum Gasteiger partial charge on any atom is -0.494 e. The quantitative estimate of drug-likeness (QED) is 0.200. The molecule has 0 aliphatic carbocycles. The molecule has 1 aliphatic heterocycles. The molecule has 1 amide bonds. The van der Waals surface area contributed by atoms with Crippen molar-refractivity contribution < 1.29 is 14.3 Å². The molecule has 2 aromatic rings. The molecule has 0 radical (unpaired) electrons. The van der Waals surface area contributed by atoms with Crippen LogP contribution in [0.1, 0.15) is 41.6 Å². The van der Waals surface area contributed by atoms with Crippen molar-refractivity contribution in [3.05, 3.63) is 97.1 Å². The second-order valence-electron chi connectivity index (χ2n) is 8.77. The zero-order valence-corrected chi connectivity index (χ0v) is 21.2. The lowest BCUT2D eigenvalue weighted by Crippen LogP contribution is -2.36. The van der Waals surface area contributed by atoms with Gasteiger partial charge in [-0.2, -0.15) is 0 Å². The molecular formula is C31H38N2O3. The Bertz CT molecular complexity index is 1120. The normalized spacial score (nSPS) is 15.1. The number of amides is 1. The number of carbonyl (C=O) groups is 1. The van der Waals surface area contributed by atoms with E-state index in [0.717, 1.165) is 79.8 Å². The number of allylic oxidation sites excluding steroid dienone is 8. The van der Waals surface area contributed by atoms with Gasteiger partial charge in [-0.05, 0) is 72.3 Å². The van der Waals surface area contributed by atoms with E-state index in [1.165, 1.54) is 0 Å². The molecule has 1 aliphatic rings. The number of rotatable bonds is 14. The van der Waals surface area contributed by atoms with Crippen molar-refractivity contribution in [3.63, 3.8) is 0 Å². The van der Waals surface area contributed by atoms with Gasteiger partial charge in [0.2, 0.25) is 5.91 Å². The van der Waals surface area contributed by atoms with Gasteiger partial charge in [0.15, 0.2) is 0 Å². The van der Waals surface area contributed by atoms with E-state index in [4.69, 9.17) is 15.2 Å². The Labute approximate surface area is 215 Å². The van der Waals surface area contributed by atoms with Crippen LogP contribution in [0.15, 0.2) is 86.0 Å². The fraction of sp³-hybridized carbons (Fsp3) is 0.323. The minimum atomic E-state index is -0.447. The molecule has 1 heterocycles. The summed E-state index contributed by atoms with van der Waals surface area (Å²) in [6.45, 7) is 13.1. The van der Waals surface area contributed by atoms with Crippen LogP contribution in [0.3, 0.4) is 0 Å². The molecular weight excluding hydrogens is 448 g/mol. The first-order valence-corrected chi connectivity index (χ1v) is 12.7. The van der Waals surface area contributed by atoms with Gasteiger partial charge in [-0.15, -0.1) is 13.2 Å². The highest BCUT2D eigenvalue weighted by atomic mass is 16.5. The van der Waals surface area contributed by atoms with Crippen LogP contribution in [0.4, 0.5) is 0 Å². The van der Waals surface area contributed by atoms with E-state index in [1.54, 1.807) is 6.07 Å². The molecule has 36 heavy (non-hydrogen) atoms. The summed E-state index contributed by atoms with van der Waals surface area (Å²) in [7, 11) is 0. The van der Waals surface area contributed by atoms with Crippen molar-refractivity contribution >= 4 is 22.3 Å². The summed E-state index contributed by atoms with van der Waals surface area (Å²) in [5.74, 6) is 0.380. The Morgan fingerprint density at radius 1 is 1.06 bits per heavy atom. The lowest BCUT2D eigenvalue weighted by molar-refractivity contribution is 0.0368. The highest BCUT2D eigenvalue weighted by molar-refractivity contribution is 6.07. The lowest BCUT2D eigenvalue weighted by Gasteiger charge is -2.26. The smallest absolute Gasteiger partial charge is 0.249 e. The third kappa shape index (κ3) is 8.08. The van der Waals surface area contributed by atoms with Crippen LogP contribution in [0.5, 0.6) is 5.75 Å². The number of nitrogens with zero attached hydrogens (tertiary/aromatic N) is 1. The zero-order chi connectivity index (χ0) is 25.6. The van der Waals surface area contributed by atoms with E-state index in [0.29, 0.717) is 18.6 Å². The van der Waals surface area contributed by atoms with Gasteiger partial charge in [0.25, 0.3) is 0 Å². The van der Waals surface area contributed by atoms with Gasteiger partial charge in [0.05, 0.1) is 19.8 Å². The van der Waals surface area contributed by atoms with Crippen LogP contribution in [0.2, 0.25) is 0 Å². The molecule has 0 aromatic heterocycles. The number of hydrogen-bond acceptors (Lipinski definition) is 4. The second-order valence-corrected chi connectivity index (χ2v) is 8.77. The second kappa shape index (κ2) is 14.9. The van der Waals surface area contributed by atoms with Crippen LogP contribution in [0.25, 0.3) is 16.3 Å². The fourth-order valence-electron chi connectivity index (χ4n) is 4.30. The number of carbonyl (C=O) groups excluding carboxylic acids is 1. The van der Waals surface area contributed by atoms with Crippen LogP contribution in [-0.4, -0.2) is 50.3 Å². The third-order valence-corrected chi connectivity index (χ3v) is 6.14. The van der Waals surface area contributed by atoms with Crippen LogP contribution in [-0.2, 0) is 4.74 Å². The Kier molecular flexibility index (Phi) is 11.2. The zero-order valence-electron chi connectivity index (χ0n) is 21.2. The standard InChI is InChI=1S/C31H38N2O3/c1-3-5-6-7-8-9-13-25(12-4-2)30-28-17-15-27(24-26(28)14-16-29(30)31(32)34)36-21-11-10-18-33-19-22-35-23-20-33/h3-4,6-9,13-17,24H,1-2,5,10-12,18-23H2,(H2,32,34). The summed E-state index contributed by atoms with van der Waals surface area (Å²) in [5.41, 5.74) is 8.09. The first kappa shape index (κ1) is 27.2. The minimum absolute atomic E-state index is 0.447. The Morgan fingerprint density at radius 2 is 1.89 bits per heavy atom. The molecule has 3 rings (SSSR count). The van der Waals surface area contributed by atoms with Crippen molar-refractivity contribution in [2.45, 2.75) is 25.7 Å². The molecule has 2 N–H and O–H groups in total. The van der Waals surface area contributed by atoms with Gasteiger partial charge in [0, 0.05) is 18.7 Å². The highest BCUT2D eigenvalue weighted by Gasteiger charge is 2.16. The van der Waals surface area contributed by atoms with Gasteiger partial charge in [-0.3, -0.25) is 9.69 Å². The molecule has 0 unspecified atom stereocenters. The third-order valence-electron chi connectivity index (χ3n) is 6.14. The first-order chi connectivity index (χ1) is 17.6. The summed E-state index contributed by atoms with van der Waals surface area (Å²) >= 11 is 0. The van der Waals surface area contributed by atoms with Gasteiger partial charge in [-0.1, -0.05) is 54.7 Å². The monoisotopic (exact) mass is 486 g/mol. The van der Waals surface area contributed by atoms with E-state index < -0.39 is 5.91 Å². The predicted molar refractivity (Wildman–Crippen MR) is 150 cm³/mol. The Morgan fingerprint density at radius 3 is 2.64 bits per heavy atom. The van der Waals surface area contributed by atoms with Crippen LogP contribution in [0, 0.1) is 0 Å². The molecule has 0 spiro atoms. The maximum atomic E-state index is 12.3. The van der Waals surface area contributed by atoms with Crippen molar-refractivity contribution in [3.8, 4) is 5.75 Å². The summed E-state index contributed by atoms with van der Waals surface area (Å²) in [6.07, 6.45) is 17.2. The van der Waals surface area contributed by atoms with E-state index in [9.17, 15) is 4.79 Å². The van der Waals surface area contributed by atoms with Crippen molar-refractivity contribution in [1.29, 1.82) is 0 Å². The number of nitrogens with two attached hydrogens (primary N) is 1. The Balaban J connectivity index is 1.76. The summed E-state index contributed by atoms with van der Waals surface area (Å²) in [5, 5.41) is 1.97. The highest BCUT2D eigenvalue weighted by Crippen LogP contribution is 2.33. The first-order valence-electron chi connectivity index (χ1n) is 12.7. The van der Waals surface area contributed by atoms with E-state index >= 15 is 0 Å². The van der Waals surface area contributed by atoms with Gasteiger partial charge >= 0.3 is 0 Å². The number of ether oxygens (including phenoxy) is 2. The van der Waals surface area contributed by atoms with Crippen molar-refractivity contribution in [1.82, 2.24) is 4.90 Å². The van der Waals surface area contributed by atoms with E-state index in [-0.39, 0.29) is 0 Å². The summed E-state index contributed by atoms with van der Waals surface area (Å²) in [4.78, 5) is 14.7. The maximum absolute atomic E-state index is 12.3. The molecule has 0 atom stereocenters. The molecule has 1 saturated heterocycles. The average Bonchev–Trinajstić information content (AvgIpc) is 2.89. The van der Waals surface area contributed by atoms with Gasteiger partial charge in [0.1, 0.15) is 5.75 Å². The largest absolute Gasteiger partial charge is 0.494 e. The number of unbranched alkanes of at least 4 members (excludes halogenated alkanes) is 1. The molecule has 5 heteroatoms. The molecule has 190 valence electrons. The Hall–Kier alpha value is -3.41. The van der Waals surface area contributed by atoms with E-state index in [1.807, 2.05) is 66.8 Å². The number of morpholine rings is 1. The van der Waals surface area contributed by atoms with Gasteiger partial charge < -0.3 is 15.2 Å². The number of benzene rings is 2. The number of hydrogen-bond donors (Lipinski definition) is 1.